The topological polar surface area (TPSA) is 81.8 Å². The Balaban J connectivity index is 1.53. The van der Waals surface area contributed by atoms with Crippen molar-refractivity contribution in [2.45, 2.75) is 20.4 Å². The molecule has 0 unspecified atom stereocenters. The molecule has 9 heteroatoms. The van der Waals surface area contributed by atoms with Gasteiger partial charge in [0.1, 0.15) is 6.54 Å². The van der Waals surface area contributed by atoms with Crippen LogP contribution in [-0.2, 0) is 18.4 Å². The van der Waals surface area contributed by atoms with Crippen molar-refractivity contribution in [3.63, 3.8) is 0 Å². The summed E-state index contributed by atoms with van der Waals surface area (Å²) in [6, 6.07) is 7.25. The summed E-state index contributed by atoms with van der Waals surface area (Å²) in [4.78, 5) is 33.2. The number of aromatic nitrogens is 4. The largest absolute Gasteiger partial charge is 0.320 e. The van der Waals surface area contributed by atoms with Crippen molar-refractivity contribution < 1.29 is 4.79 Å². The minimum absolute atomic E-state index is 0.0739. The fourth-order valence-corrected chi connectivity index (χ4v) is 4.03. The van der Waals surface area contributed by atoms with Crippen molar-refractivity contribution in [3.8, 4) is 11.3 Å². The summed E-state index contributed by atoms with van der Waals surface area (Å²) in [6.07, 6.45) is 1.57. The van der Waals surface area contributed by atoms with Crippen molar-refractivity contribution in [1.29, 1.82) is 0 Å². The number of anilines is 1. The van der Waals surface area contributed by atoms with E-state index in [-0.39, 0.29) is 18.0 Å². The first-order chi connectivity index (χ1) is 13.8. The number of hydrogen-bond donors (Lipinski definition) is 1. The Morgan fingerprint density at radius 3 is 2.79 bits per heavy atom. The molecule has 0 bridgehead atoms. The Morgan fingerprint density at radius 2 is 2.03 bits per heavy atom. The molecule has 0 spiro atoms. The zero-order chi connectivity index (χ0) is 20.7. The highest BCUT2D eigenvalue weighted by Crippen LogP contribution is 2.28. The number of nitrogens with zero attached hydrogens (tertiary/aromatic N) is 4. The molecular formula is C20H18ClN5O2S. The first-order valence-electron chi connectivity index (χ1n) is 8.87. The number of carbonyl (C=O) groups is 1. The number of halogens is 1. The minimum atomic E-state index is -0.217. The number of benzene rings is 1. The van der Waals surface area contributed by atoms with Crippen LogP contribution in [0.25, 0.3) is 22.4 Å². The van der Waals surface area contributed by atoms with Crippen LogP contribution in [-0.4, -0.2) is 25.0 Å². The van der Waals surface area contributed by atoms with Crippen molar-refractivity contribution in [3.05, 3.63) is 62.5 Å². The molecular weight excluding hydrogens is 410 g/mol. The molecule has 3 heterocycles. The van der Waals surface area contributed by atoms with Gasteiger partial charge in [0.15, 0.2) is 10.8 Å². The van der Waals surface area contributed by atoms with Gasteiger partial charge in [-0.2, -0.15) is 0 Å². The van der Waals surface area contributed by atoms with Gasteiger partial charge in [-0.1, -0.05) is 17.7 Å². The van der Waals surface area contributed by atoms with Crippen molar-refractivity contribution in [2.75, 3.05) is 5.32 Å². The monoisotopic (exact) mass is 427 g/mol. The van der Waals surface area contributed by atoms with Gasteiger partial charge in [0.2, 0.25) is 5.91 Å². The number of nitrogens with one attached hydrogen (secondary N) is 1. The van der Waals surface area contributed by atoms with Crippen LogP contribution in [0.1, 0.15) is 11.1 Å². The van der Waals surface area contributed by atoms with Crippen molar-refractivity contribution in [2.24, 2.45) is 7.05 Å². The molecule has 1 aromatic carbocycles. The fraction of sp³-hybridized carbons (Fsp3) is 0.200. The zero-order valence-electron chi connectivity index (χ0n) is 16.1. The predicted molar refractivity (Wildman–Crippen MR) is 116 cm³/mol. The molecule has 1 N–H and O–H groups in total. The second kappa shape index (κ2) is 7.46. The predicted octanol–water partition coefficient (Wildman–Crippen LogP) is 3.77. The van der Waals surface area contributed by atoms with Gasteiger partial charge in [-0.25, -0.2) is 9.97 Å². The van der Waals surface area contributed by atoms with E-state index in [2.05, 4.69) is 15.3 Å². The number of thiazole rings is 1. The molecule has 4 aromatic rings. The quantitative estimate of drug-likeness (QED) is 0.537. The van der Waals surface area contributed by atoms with E-state index in [1.807, 2.05) is 37.4 Å². The number of imidazole rings is 1. The van der Waals surface area contributed by atoms with Crippen molar-refractivity contribution >= 4 is 45.1 Å². The normalized spacial score (nSPS) is 11.2. The minimum Gasteiger partial charge on any atom is -0.320 e. The number of aryl methyl sites for hydroxylation is 3. The summed E-state index contributed by atoms with van der Waals surface area (Å²) < 4.78 is 3.20. The maximum atomic E-state index is 12.6. The summed E-state index contributed by atoms with van der Waals surface area (Å²) in [5, 5.41) is 5.95. The molecule has 0 saturated heterocycles. The molecule has 7 nitrogen and oxygen atoms in total. The standard InChI is InChI=1S/C20H18ClN5O2S/c1-11-6-13(4-5-14(11)21)15-9-29-20(23-15)24-16(27)8-26-10-22-19-18(26)12(2)7-17(28)25(19)3/h4-7,9-10H,8H2,1-3H3,(H,23,24,27). The third-order valence-electron chi connectivity index (χ3n) is 4.70. The van der Waals surface area contributed by atoms with Gasteiger partial charge in [0.05, 0.1) is 17.5 Å². The Hall–Kier alpha value is -2.97. The van der Waals surface area contributed by atoms with E-state index in [0.717, 1.165) is 27.9 Å². The number of fused-ring (bicyclic) bond motifs is 1. The summed E-state index contributed by atoms with van der Waals surface area (Å²) in [5.41, 5.74) is 4.67. The number of rotatable bonds is 4. The lowest BCUT2D eigenvalue weighted by atomic mass is 10.1. The summed E-state index contributed by atoms with van der Waals surface area (Å²) >= 11 is 7.44. The number of carbonyl (C=O) groups excluding carboxylic acids is 1. The highest BCUT2D eigenvalue weighted by Gasteiger charge is 2.14. The summed E-state index contributed by atoms with van der Waals surface area (Å²) in [5.74, 6) is -0.217. The van der Waals surface area contributed by atoms with E-state index in [1.165, 1.54) is 15.9 Å². The molecule has 29 heavy (non-hydrogen) atoms. The lowest BCUT2D eigenvalue weighted by Crippen LogP contribution is -2.20. The molecule has 0 atom stereocenters. The van der Waals surface area contributed by atoms with Crippen LogP contribution in [0, 0.1) is 13.8 Å². The first-order valence-corrected chi connectivity index (χ1v) is 10.1. The van der Waals surface area contributed by atoms with Gasteiger partial charge in [-0.15, -0.1) is 11.3 Å². The van der Waals surface area contributed by atoms with Crippen LogP contribution < -0.4 is 10.9 Å². The molecule has 0 aliphatic carbocycles. The van der Waals surface area contributed by atoms with Crippen LogP contribution >= 0.6 is 22.9 Å². The van der Waals surface area contributed by atoms with E-state index < -0.39 is 0 Å². The number of pyridine rings is 1. The molecule has 0 radical (unpaired) electrons. The molecule has 0 saturated carbocycles. The van der Waals surface area contributed by atoms with Crippen LogP contribution in [0.2, 0.25) is 5.02 Å². The van der Waals surface area contributed by atoms with Crippen LogP contribution in [0.3, 0.4) is 0 Å². The van der Waals surface area contributed by atoms with Gasteiger partial charge >= 0.3 is 0 Å². The molecule has 3 aromatic heterocycles. The molecule has 0 fully saturated rings. The van der Waals surface area contributed by atoms with Gasteiger partial charge in [-0.05, 0) is 37.1 Å². The van der Waals surface area contributed by atoms with Gasteiger partial charge in [0, 0.05) is 29.1 Å². The number of amides is 1. The Kier molecular flexibility index (Phi) is 4.97. The van der Waals surface area contributed by atoms with E-state index >= 15 is 0 Å². The number of hydrogen-bond acceptors (Lipinski definition) is 5. The average molecular weight is 428 g/mol. The van der Waals surface area contributed by atoms with E-state index in [9.17, 15) is 9.59 Å². The van der Waals surface area contributed by atoms with E-state index in [4.69, 9.17) is 11.6 Å². The smallest absolute Gasteiger partial charge is 0.252 e. The third kappa shape index (κ3) is 3.68. The molecule has 148 valence electrons. The molecule has 1 amide bonds. The maximum Gasteiger partial charge on any atom is 0.252 e. The molecule has 4 rings (SSSR count). The lowest BCUT2D eigenvalue weighted by Gasteiger charge is -2.07. The maximum absolute atomic E-state index is 12.6. The van der Waals surface area contributed by atoms with Gasteiger partial charge < -0.3 is 9.88 Å². The zero-order valence-corrected chi connectivity index (χ0v) is 17.6. The first kappa shape index (κ1) is 19.4. The van der Waals surface area contributed by atoms with E-state index in [0.29, 0.717) is 15.8 Å². The van der Waals surface area contributed by atoms with Crippen LogP contribution in [0.4, 0.5) is 5.13 Å². The highest BCUT2D eigenvalue weighted by atomic mass is 35.5. The highest BCUT2D eigenvalue weighted by molar-refractivity contribution is 7.14. The Morgan fingerprint density at radius 1 is 1.24 bits per heavy atom. The second-order valence-electron chi connectivity index (χ2n) is 6.82. The average Bonchev–Trinajstić information content (AvgIpc) is 3.30. The van der Waals surface area contributed by atoms with Gasteiger partial charge in [-0.3, -0.25) is 14.2 Å². The van der Waals surface area contributed by atoms with E-state index in [1.54, 1.807) is 24.0 Å². The Bertz CT molecular complexity index is 1300. The fourth-order valence-electron chi connectivity index (χ4n) is 3.18. The molecule has 0 aliphatic rings. The third-order valence-corrected chi connectivity index (χ3v) is 5.88. The van der Waals surface area contributed by atoms with Crippen molar-refractivity contribution in [1.82, 2.24) is 19.1 Å². The lowest BCUT2D eigenvalue weighted by molar-refractivity contribution is -0.116. The van der Waals surface area contributed by atoms with Gasteiger partial charge in [0.25, 0.3) is 5.56 Å². The summed E-state index contributed by atoms with van der Waals surface area (Å²) in [6.45, 7) is 3.85. The second-order valence-corrected chi connectivity index (χ2v) is 8.08. The SMILES string of the molecule is Cc1cc(-c2csc(NC(=O)Cn3cnc4c3c(C)cc(=O)n4C)n2)ccc1Cl. The summed E-state index contributed by atoms with van der Waals surface area (Å²) in [7, 11) is 1.66. The molecule has 0 aliphatic heterocycles. The van der Waals surface area contributed by atoms with Crippen LogP contribution in [0.15, 0.2) is 40.8 Å². The Labute approximate surface area is 175 Å². The van der Waals surface area contributed by atoms with Crippen LogP contribution in [0.5, 0.6) is 0 Å².